The number of aliphatic imine (C=N–C) groups is 1. The number of esters is 1. The zero-order chi connectivity index (χ0) is 17.6. The third-order valence-electron chi connectivity index (χ3n) is 4.51. The summed E-state index contributed by atoms with van der Waals surface area (Å²) in [6.45, 7) is 4.81. The molecule has 3 rings (SSSR count). The Morgan fingerprint density at radius 3 is 2.80 bits per heavy atom. The molecular formula is C18H25N3O4. The minimum Gasteiger partial charge on any atom is -0.466 e. The van der Waals surface area contributed by atoms with Crippen LogP contribution in [-0.2, 0) is 16.1 Å². The average Bonchev–Trinajstić information content (AvgIpc) is 3.11. The van der Waals surface area contributed by atoms with E-state index in [0.29, 0.717) is 13.2 Å². The minimum atomic E-state index is -0.0783. The van der Waals surface area contributed by atoms with Crippen LogP contribution in [0.5, 0.6) is 11.5 Å². The van der Waals surface area contributed by atoms with Gasteiger partial charge in [-0.1, -0.05) is 6.07 Å². The smallest absolute Gasteiger partial charge is 0.309 e. The summed E-state index contributed by atoms with van der Waals surface area (Å²) in [4.78, 5) is 18.4. The molecule has 0 radical (unpaired) electrons. The van der Waals surface area contributed by atoms with E-state index in [1.54, 1.807) is 7.05 Å². The van der Waals surface area contributed by atoms with Gasteiger partial charge in [-0.25, -0.2) is 0 Å². The lowest BCUT2D eigenvalue weighted by Crippen LogP contribution is -2.46. The van der Waals surface area contributed by atoms with Crippen molar-refractivity contribution in [3.05, 3.63) is 23.8 Å². The summed E-state index contributed by atoms with van der Waals surface area (Å²) >= 11 is 0. The van der Waals surface area contributed by atoms with Crippen molar-refractivity contribution in [2.75, 3.05) is 33.5 Å². The highest BCUT2D eigenvalue weighted by atomic mass is 16.7. The molecule has 136 valence electrons. The summed E-state index contributed by atoms with van der Waals surface area (Å²) in [7, 11) is 1.78. The van der Waals surface area contributed by atoms with Crippen molar-refractivity contribution in [2.24, 2.45) is 10.9 Å². The Hall–Kier alpha value is -2.44. The zero-order valence-corrected chi connectivity index (χ0v) is 14.8. The number of carbonyl (C=O) groups is 1. The molecular weight excluding hydrogens is 322 g/mol. The molecule has 0 bridgehead atoms. The highest BCUT2D eigenvalue weighted by Gasteiger charge is 2.27. The highest BCUT2D eigenvalue weighted by Crippen LogP contribution is 2.32. The Morgan fingerprint density at radius 2 is 2.08 bits per heavy atom. The first kappa shape index (κ1) is 17.4. The molecule has 1 fully saturated rings. The first-order valence-electron chi connectivity index (χ1n) is 8.72. The second kappa shape index (κ2) is 8.09. The van der Waals surface area contributed by atoms with Crippen molar-refractivity contribution in [1.29, 1.82) is 0 Å². The first-order chi connectivity index (χ1) is 12.2. The number of ether oxygens (including phenoxy) is 3. The fourth-order valence-corrected chi connectivity index (χ4v) is 3.15. The van der Waals surface area contributed by atoms with Crippen LogP contribution in [0.25, 0.3) is 0 Å². The molecule has 7 heteroatoms. The van der Waals surface area contributed by atoms with Gasteiger partial charge in [0.15, 0.2) is 17.5 Å². The molecule has 0 spiro atoms. The maximum absolute atomic E-state index is 11.8. The van der Waals surface area contributed by atoms with E-state index < -0.39 is 0 Å². The number of nitrogens with zero attached hydrogens (tertiary/aromatic N) is 2. The highest BCUT2D eigenvalue weighted by molar-refractivity contribution is 5.80. The third kappa shape index (κ3) is 4.15. The Labute approximate surface area is 148 Å². The second-order valence-electron chi connectivity index (χ2n) is 6.10. The van der Waals surface area contributed by atoms with Gasteiger partial charge in [-0.15, -0.1) is 0 Å². The summed E-state index contributed by atoms with van der Waals surface area (Å²) in [6.07, 6.45) is 1.59. The Kier molecular flexibility index (Phi) is 5.63. The molecule has 0 atom stereocenters. The number of nitrogens with one attached hydrogen (secondary N) is 1. The van der Waals surface area contributed by atoms with E-state index in [0.717, 1.165) is 49.0 Å². The third-order valence-corrected chi connectivity index (χ3v) is 4.51. The van der Waals surface area contributed by atoms with Crippen LogP contribution < -0.4 is 14.8 Å². The van der Waals surface area contributed by atoms with Crippen LogP contribution in [0.2, 0.25) is 0 Å². The lowest BCUT2D eigenvalue weighted by molar-refractivity contribution is -0.149. The number of guanidine groups is 1. The van der Waals surface area contributed by atoms with Gasteiger partial charge in [0.2, 0.25) is 6.79 Å². The van der Waals surface area contributed by atoms with Gasteiger partial charge >= 0.3 is 5.97 Å². The van der Waals surface area contributed by atoms with Crippen LogP contribution in [0, 0.1) is 5.92 Å². The SMILES string of the molecule is CCOC(=O)C1CCN(C(=NC)NCc2ccc3c(c2)OCO3)CC1. The molecule has 2 aliphatic heterocycles. The molecule has 0 amide bonds. The number of rotatable bonds is 4. The molecule has 2 heterocycles. The van der Waals surface area contributed by atoms with Crippen LogP contribution >= 0.6 is 0 Å². The quantitative estimate of drug-likeness (QED) is 0.508. The van der Waals surface area contributed by atoms with Crippen molar-refractivity contribution in [3.8, 4) is 11.5 Å². The maximum atomic E-state index is 11.8. The predicted molar refractivity (Wildman–Crippen MR) is 93.7 cm³/mol. The van der Waals surface area contributed by atoms with E-state index in [4.69, 9.17) is 14.2 Å². The van der Waals surface area contributed by atoms with E-state index in [2.05, 4.69) is 15.2 Å². The van der Waals surface area contributed by atoms with Crippen molar-refractivity contribution >= 4 is 11.9 Å². The maximum Gasteiger partial charge on any atom is 0.309 e. The second-order valence-corrected chi connectivity index (χ2v) is 6.10. The topological polar surface area (TPSA) is 72.4 Å². The summed E-state index contributed by atoms with van der Waals surface area (Å²) in [6, 6.07) is 5.92. The zero-order valence-electron chi connectivity index (χ0n) is 14.8. The number of hydrogen-bond donors (Lipinski definition) is 1. The normalized spacial score (nSPS) is 17.5. The van der Waals surface area contributed by atoms with Crippen molar-refractivity contribution in [2.45, 2.75) is 26.3 Å². The van der Waals surface area contributed by atoms with Crippen molar-refractivity contribution in [3.63, 3.8) is 0 Å². The van der Waals surface area contributed by atoms with Crippen LogP contribution in [-0.4, -0.2) is 50.4 Å². The van der Waals surface area contributed by atoms with Gasteiger partial charge in [0.25, 0.3) is 0 Å². The number of benzene rings is 1. The number of carbonyl (C=O) groups excluding carboxylic acids is 1. The van der Waals surface area contributed by atoms with E-state index in [1.807, 2.05) is 25.1 Å². The first-order valence-corrected chi connectivity index (χ1v) is 8.72. The number of hydrogen-bond acceptors (Lipinski definition) is 5. The molecule has 0 aliphatic carbocycles. The minimum absolute atomic E-state index is 0.00293. The molecule has 0 unspecified atom stereocenters. The standard InChI is InChI=1S/C18H25N3O4/c1-3-23-17(22)14-6-8-21(9-7-14)18(19-2)20-11-13-4-5-15-16(10-13)25-12-24-15/h4-5,10,14H,3,6-9,11-12H2,1-2H3,(H,19,20). The van der Waals surface area contributed by atoms with E-state index >= 15 is 0 Å². The Balaban J connectivity index is 1.51. The molecule has 0 aromatic heterocycles. The van der Waals surface area contributed by atoms with E-state index in [9.17, 15) is 4.79 Å². The number of fused-ring (bicyclic) bond motifs is 1. The van der Waals surface area contributed by atoms with Gasteiger partial charge in [0, 0.05) is 26.7 Å². The summed E-state index contributed by atoms with van der Waals surface area (Å²) in [5, 5.41) is 3.38. The van der Waals surface area contributed by atoms with Crippen molar-refractivity contribution < 1.29 is 19.0 Å². The van der Waals surface area contributed by atoms with Gasteiger partial charge in [-0.3, -0.25) is 9.79 Å². The lowest BCUT2D eigenvalue weighted by Gasteiger charge is -2.33. The van der Waals surface area contributed by atoms with Crippen LogP contribution in [0.15, 0.2) is 23.2 Å². The number of likely N-dealkylation sites (tertiary alicyclic amines) is 1. The van der Waals surface area contributed by atoms with Crippen LogP contribution in [0.1, 0.15) is 25.3 Å². The number of piperidine rings is 1. The monoisotopic (exact) mass is 347 g/mol. The molecule has 1 N–H and O–H groups in total. The molecule has 1 aromatic carbocycles. The average molecular weight is 347 g/mol. The fraction of sp³-hybridized carbons (Fsp3) is 0.556. The van der Waals surface area contributed by atoms with Gasteiger partial charge in [-0.2, -0.15) is 0 Å². The molecule has 1 aromatic rings. The molecule has 2 aliphatic rings. The van der Waals surface area contributed by atoms with Crippen LogP contribution in [0.4, 0.5) is 0 Å². The summed E-state index contributed by atoms with van der Waals surface area (Å²) in [5.74, 6) is 2.34. The largest absolute Gasteiger partial charge is 0.466 e. The van der Waals surface area contributed by atoms with Crippen molar-refractivity contribution in [1.82, 2.24) is 10.2 Å². The van der Waals surface area contributed by atoms with E-state index in [-0.39, 0.29) is 18.7 Å². The predicted octanol–water partition coefficient (Wildman–Crippen LogP) is 1.77. The van der Waals surface area contributed by atoms with Gasteiger partial charge < -0.3 is 24.4 Å². The molecule has 7 nitrogen and oxygen atoms in total. The van der Waals surface area contributed by atoms with Gasteiger partial charge in [0.1, 0.15) is 0 Å². The summed E-state index contributed by atoms with van der Waals surface area (Å²) < 4.78 is 15.9. The fourth-order valence-electron chi connectivity index (χ4n) is 3.15. The lowest BCUT2D eigenvalue weighted by atomic mass is 9.97. The molecule has 1 saturated heterocycles. The van der Waals surface area contributed by atoms with Gasteiger partial charge in [0.05, 0.1) is 12.5 Å². The Morgan fingerprint density at radius 1 is 1.32 bits per heavy atom. The summed E-state index contributed by atoms with van der Waals surface area (Å²) in [5.41, 5.74) is 1.10. The van der Waals surface area contributed by atoms with Crippen LogP contribution in [0.3, 0.4) is 0 Å². The van der Waals surface area contributed by atoms with Gasteiger partial charge in [-0.05, 0) is 37.5 Å². The molecule has 0 saturated carbocycles. The van der Waals surface area contributed by atoms with E-state index in [1.165, 1.54) is 0 Å². The molecule has 25 heavy (non-hydrogen) atoms. The Bertz CT molecular complexity index is 639.